The number of nitrogens with one attached hydrogen (secondary N) is 1. The predicted molar refractivity (Wildman–Crippen MR) is 86.8 cm³/mol. The van der Waals surface area contributed by atoms with Gasteiger partial charge in [-0.1, -0.05) is 19.3 Å². The molecule has 22 heavy (non-hydrogen) atoms. The summed E-state index contributed by atoms with van der Waals surface area (Å²) in [5, 5.41) is 0. The number of rotatable bonds is 4. The van der Waals surface area contributed by atoms with Gasteiger partial charge in [0.2, 0.25) is 0 Å². The van der Waals surface area contributed by atoms with Crippen molar-refractivity contribution in [1.29, 1.82) is 0 Å². The molecule has 4 nitrogen and oxygen atoms in total. The molecule has 0 amide bonds. The molecule has 1 N–H and O–H groups in total. The van der Waals surface area contributed by atoms with Gasteiger partial charge in [0, 0.05) is 31.6 Å². The summed E-state index contributed by atoms with van der Waals surface area (Å²) in [6.07, 6.45) is 11.4. The molecule has 2 heterocycles. The molecule has 0 spiro atoms. The Hall–Kier alpha value is -1.16. The highest BCUT2D eigenvalue weighted by Crippen LogP contribution is 2.32. The van der Waals surface area contributed by atoms with Crippen molar-refractivity contribution in [3.8, 4) is 0 Å². The molecule has 0 radical (unpaired) electrons. The van der Waals surface area contributed by atoms with Crippen molar-refractivity contribution < 1.29 is 0 Å². The SMILES string of the molecule is O=c1[nH]c(CC2CC2)nc2c1CCN(CC1CCCCC1)C2. The summed E-state index contributed by atoms with van der Waals surface area (Å²) < 4.78 is 0. The van der Waals surface area contributed by atoms with Crippen LogP contribution >= 0.6 is 0 Å². The van der Waals surface area contributed by atoms with E-state index in [4.69, 9.17) is 4.98 Å². The zero-order valence-corrected chi connectivity index (χ0v) is 13.4. The Bertz CT molecular complexity index is 584. The normalized spacial score (nSPS) is 23.5. The van der Waals surface area contributed by atoms with Crippen LogP contribution in [0.2, 0.25) is 0 Å². The molecule has 0 atom stereocenters. The minimum Gasteiger partial charge on any atom is -0.310 e. The molecule has 0 unspecified atom stereocenters. The van der Waals surface area contributed by atoms with E-state index in [0.717, 1.165) is 54.8 Å². The van der Waals surface area contributed by atoms with Crippen LogP contribution < -0.4 is 5.56 Å². The Morgan fingerprint density at radius 2 is 1.91 bits per heavy atom. The van der Waals surface area contributed by atoms with E-state index in [9.17, 15) is 4.79 Å². The zero-order valence-electron chi connectivity index (χ0n) is 13.4. The highest BCUT2D eigenvalue weighted by molar-refractivity contribution is 5.21. The number of nitrogens with zero attached hydrogens (tertiary/aromatic N) is 2. The first-order valence-corrected chi connectivity index (χ1v) is 9.11. The molecule has 4 heteroatoms. The van der Waals surface area contributed by atoms with E-state index in [-0.39, 0.29) is 5.56 Å². The third-order valence-corrected chi connectivity index (χ3v) is 5.62. The monoisotopic (exact) mass is 301 g/mol. The molecule has 0 aromatic carbocycles. The molecule has 3 aliphatic rings. The summed E-state index contributed by atoms with van der Waals surface area (Å²) in [4.78, 5) is 22.6. The number of hydrogen-bond donors (Lipinski definition) is 1. The van der Waals surface area contributed by atoms with Crippen LogP contribution in [0.3, 0.4) is 0 Å². The Morgan fingerprint density at radius 1 is 1.09 bits per heavy atom. The highest BCUT2D eigenvalue weighted by atomic mass is 16.1. The van der Waals surface area contributed by atoms with E-state index in [1.807, 2.05) is 0 Å². The number of H-pyrrole nitrogens is 1. The van der Waals surface area contributed by atoms with Crippen molar-refractivity contribution >= 4 is 0 Å². The fraction of sp³-hybridized carbons (Fsp3) is 0.778. The Labute approximate surface area is 132 Å². The lowest BCUT2D eigenvalue weighted by Crippen LogP contribution is -2.38. The van der Waals surface area contributed by atoms with Crippen molar-refractivity contribution in [2.75, 3.05) is 13.1 Å². The van der Waals surface area contributed by atoms with Crippen LogP contribution in [-0.4, -0.2) is 28.0 Å². The van der Waals surface area contributed by atoms with Crippen LogP contribution in [0.15, 0.2) is 4.79 Å². The number of hydrogen-bond acceptors (Lipinski definition) is 3. The predicted octanol–water partition coefficient (Wildman–Crippen LogP) is 2.66. The minimum atomic E-state index is 0.123. The Morgan fingerprint density at radius 3 is 2.68 bits per heavy atom. The fourth-order valence-corrected chi connectivity index (χ4v) is 4.13. The molecule has 2 fully saturated rings. The average molecular weight is 301 g/mol. The van der Waals surface area contributed by atoms with E-state index in [2.05, 4.69) is 9.88 Å². The molecule has 0 saturated heterocycles. The maximum Gasteiger partial charge on any atom is 0.254 e. The van der Waals surface area contributed by atoms with E-state index in [1.54, 1.807) is 0 Å². The first kappa shape index (κ1) is 14.4. The third-order valence-electron chi connectivity index (χ3n) is 5.62. The van der Waals surface area contributed by atoms with Crippen LogP contribution in [0.5, 0.6) is 0 Å². The molecule has 1 aromatic heterocycles. The second-order valence-electron chi connectivity index (χ2n) is 7.57. The molecule has 4 rings (SSSR count). The van der Waals surface area contributed by atoms with Crippen LogP contribution in [0.4, 0.5) is 0 Å². The van der Waals surface area contributed by atoms with Crippen molar-refractivity contribution in [2.24, 2.45) is 11.8 Å². The average Bonchev–Trinajstić information content (AvgIpc) is 3.32. The highest BCUT2D eigenvalue weighted by Gasteiger charge is 2.26. The summed E-state index contributed by atoms with van der Waals surface area (Å²) in [5.41, 5.74) is 2.12. The van der Waals surface area contributed by atoms with Gasteiger partial charge in [0.15, 0.2) is 0 Å². The van der Waals surface area contributed by atoms with Gasteiger partial charge in [-0.2, -0.15) is 0 Å². The Kier molecular flexibility index (Phi) is 4.03. The van der Waals surface area contributed by atoms with E-state index in [0.29, 0.717) is 0 Å². The lowest BCUT2D eigenvalue weighted by Gasteiger charge is -2.32. The molecular formula is C18H27N3O. The van der Waals surface area contributed by atoms with Gasteiger partial charge in [-0.15, -0.1) is 0 Å². The van der Waals surface area contributed by atoms with Gasteiger partial charge in [-0.05, 0) is 43.9 Å². The van der Waals surface area contributed by atoms with E-state index >= 15 is 0 Å². The first-order valence-electron chi connectivity index (χ1n) is 9.11. The summed E-state index contributed by atoms with van der Waals surface area (Å²) >= 11 is 0. The second kappa shape index (κ2) is 6.15. The van der Waals surface area contributed by atoms with Gasteiger partial charge in [-0.3, -0.25) is 9.69 Å². The van der Waals surface area contributed by atoms with Gasteiger partial charge >= 0.3 is 0 Å². The lowest BCUT2D eigenvalue weighted by molar-refractivity contribution is 0.184. The van der Waals surface area contributed by atoms with E-state index < -0.39 is 0 Å². The number of aromatic nitrogens is 2. The van der Waals surface area contributed by atoms with Crippen LogP contribution in [0.1, 0.15) is 62.0 Å². The van der Waals surface area contributed by atoms with Gasteiger partial charge in [0.1, 0.15) is 5.82 Å². The summed E-state index contributed by atoms with van der Waals surface area (Å²) in [7, 11) is 0. The summed E-state index contributed by atoms with van der Waals surface area (Å²) in [5.74, 6) is 2.55. The molecule has 2 saturated carbocycles. The van der Waals surface area contributed by atoms with Gasteiger partial charge in [0.05, 0.1) is 5.69 Å². The number of fused-ring (bicyclic) bond motifs is 1. The molecule has 2 aliphatic carbocycles. The molecule has 0 bridgehead atoms. The maximum atomic E-state index is 12.3. The fourth-order valence-electron chi connectivity index (χ4n) is 4.13. The van der Waals surface area contributed by atoms with Gasteiger partial charge in [-0.25, -0.2) is 4.98 Å². The minimum absolute atomic E-state index is 0.123. The van der Waals surface area contributed by atoms with Crippen molar-refractivity contribution in [3.63, 3.8) is 0 Å². The van der Waals surface area contributed by atoms with Crippen LogP contribution in [0.25, 0.3) is 0 Å². The molecule has 1 aromatic rings. The van der Waals surface area contributed by atoms with Crippen molar-refractivity contribution in [3.05, 3.63) is 27.4 Å². The van der Waals surface area contributed by atoms with Crippen LogP contribution in [0, 0.1) is 11.8 Å². The quantitative estimate of drug-likeness (QED) is 0.930. The lowest BCUT2D eigenvalue weighted by atomic mass is 9.88. The van der Waals surface area contributed by atoms with Gasteiger partial charge < -0.3 is 4.98 Å². The van der Waals surface area contributed by atoms with Gasteiger partial charge in [0.25, 0.3) is 5.56 Å². The topological polar surface area (TPSA) is 49.0 Å². The maximum absolute atomic E-state index is 12.3. The summed E-state index contributed by atoms with van der Waals surface area (Å²) in [6, 6.07) is 0. The van der Waals surface area contributed by atoms with Crippen LogP contribution in [-0.2, 0) is 19.4 Å². The van der Waals surface area contributed by atoms with E-state index in [1.165, 1.54) is 51.5 Å². The first-order chi connectivity index (χ1) is 10.8. The Balaban J connectivity index is 1.46. The second-order valence-corrected chi connectivity index (χ2v) is 7.57. The molecular weight excluding hydrogens is 274 g/mol. The molecule has 1 aliphatic heterocycles. The van der Waals surface area contributed by atoms with Crippen molar-refractivity contribution in [1.82, 2.24) is 14.9 Å². The standard InChI is InChI=1S/C18H27N3O/c22-18-15-8-9-21(11-14-4-2-1-3-5-14)12-16(15)19-17(20-18)10-13-6-7-13/h13-14H,1-12H2,(H,19,20,22). The smallest absolute Gasteiger partial charge is 0.254 e. The molecule has 120 valence electrons. The zero-order chi connectivity index (χ0) is 14.9. The number of aromatic amines is 1. The largest absolute Gasteiger partial charge is 0.310 e. The summed E-state index contributed by atoms with van der Waals surface area (Å²) in [6.45, 7) is 3.11. The van der Waals surface area contributed by atoms with Crippen molar-refractivity contribution in [2.45, 2.75) is 64.3 Å². The third kappa shape index (κ3) is 3.27.